The van der Waals surface area contributed by atoms with Crippen molar-refractivity contribution in [3.63, 3.8) is 0 Å². The fraction of sp³-hybridized carbons (Fsp3) is 0.0256. The summed E-state index contributed by atoms with van der Waals surface area (Å²) < 4.78 is 0. The summed E-state index contributed by atoms with van der Waals surface area (Å²) in [5.74, 6) is 0. The molecule has 0 aliphatic heterocycles. The molecule has 212 valence electrons. The quantitative estimate of drug-likeness (QED) is 0.141. The van der Waals surface area contributed by atoms with Gasteiger partial charge in [0, 0.05) is 47.0 Å². The van der Waals surface area contributed by atoms with Crippen molar-refractivity contribution in [2.45, 2.75) is 0 Å². The number of anilines is 5. The molecule has 44 heavy (non-hydrogen) atoms. The van der Waals surface area contributed by atoms with E-state index in [9.17, 15) is 10.1 Å². The van der Waals surface area contributed by atoms with Crippen LogP contribution in [0.1, 0.15) is 0 Å². The number of fused-ring (bicyclic) bond motifs is 2. The summed E-state index contributed by atoms with van der Waals surface area (Å²) in [7, 11) is 1.96. The molecule has 7 aromatic carbocycles. The summed E-state index contributed by atoms with van der Waals surface area (Å²) in [5.41, 5.74) is 7.54. The lowest BCUT2D eigenvalue weighted by atomic mass is 10.0. The highest BCUT2D eigenvalue weighted by Crippen LogP contribution is 2.42. The van der Waals surface area contributed by atoms with E-state index in [-0.39, 0.29) is 10.6 Å². The molecule has 0 atom stereocenters. The minimum atomic E-state index is -0.382. The Morgan fingerprint density at radius 3 is 1.36 bits per heavy atom. The number of non-ortho nitro benzene ring substituents is 1. The van der Waals surface area contributed by atoms with E-state index in [2.05, 4.69) is 138 Å². The van der Waals surface area contributed by atoms with Gasteiger partial charge in [0.25, 0.3) is 5.69 Å². The van der Waals surface area contributed by atoms with Crippen molar-refractivity contribution in [2.24, 2.45) is 0 Å². The Kier molecular flexibility index (Phi) is 6.97. The third-order valence-electron chi connectivity index (χ3n) is 8.18. The SMILES string of the molecule is CN(c1ccc(-c2ccc(N(c3cccc4ccccc34)c3cccc4ccccc34)cc2)cc1)c1ccc([N+](=O)[O-])cc1. The van der Waals surface area contributed by atoms with E-state index in [0.29, 0.717) is 0 Å². The monoisotopic (exact) mass is 571 g/mol. The van der Waals surface area contributed by atoms with Gasteiger partial charge in [0.05, 0.1) is 16.3 Å². The lowest BCUT2D eigenvalue weighted by Gasteiger charge is -2.28. The highest BCUT2D eigenvalue weighted by atomic mass is 16.6. The molecular formula is C39H29N3O2. The fourth-order valence-corrected chi connectivity index (χ4v) is 5.84. The van der Waals surface area contributed by atoms with Crippen LogP contribution in [0.2, 0.25) is 0 Å². The molecule has 0 aliphatic rings. The van der Waals surface area contributed by atoms with Crippen LogP contribution in [0, 0.1) is 10.1 Å². The van der Waals surface area contributed by atoms with Crippen LogP contribution in [0.3, 0.4) is 0 Å². The molecule has 5 nitrogen and oxygen atoms in total. The second-order valence-electron chi connectivity index (χ2n) is 10.8. The zero-order valence-corrected chi connectivity index (χ0v) is 24.2. The minimum absolute atomic E-state index is 0.0837. The van der Waals surface area contributed by atoms with Crippen molar-refractivity contribution < 1.29 is 4.92 Å². The zero-order valence-electron chi connectivity index (χ0n) is 24.2. The Bertz CT molecular complexity index is 2010. The number of nitro groups is 1. The van der Waals surface area contributed by atoms with Crippen molar-refractivity contribution in [1.29, 1.82) is 0 Å². The van der Waals surface area contributed by atoms with Crippen LogP contribution in [0.5, 0.6) is 0 Å². The first-order valence-corrected chi connectivity index (χ1v) is 14.5. The van der Waals surface area contributed by atoms with E-state index in [0.717, 1.165) is 39.6 Å². The predicted molar refractivity (Wildman–Crippen MR) is 183 cm³/mol. The molecule has 0 heterocycles. The van der Waals surface area contributed by atoms with Gasteiger partial charge in [-0.25, -0.2) is 0 Å². The molecule has 0 aromatic heterocycles. The van der Waals surface area contributed by atoms with E-state index < -0.39 is 0 Å². The topological polar surface area (TPSA) is 49.6 Å². The van der Waals surface area contributed by atoms with Crippen molar-refractivity contribution in [3.8, 4) is 11.1 Å². The van der Waals surface area contributed by atoms with Gasteiger partial charge in [-0.15, -0.1) is 0 Å². The Labute approximate surface area is 256 Å². The smallest absolute Gasteiger partial charge is 0.269 e. The Balaban J connectivity index is 1.24. The molecule has 5 heteroatoms. The first kappa shape index (κ1) is 26.9. The molecule has 0 saturated heterocycles. The third-order valence-corrected chi connectivity index (χ3v) is 8.18. The Morgan fingerprint density at radius 1 is 0.477 bits per heavy atom. The summed E-state index contributed by atoms with van der Waals surface area (Å²) in [5, 5.41) is 15.8. The molecule has 0 aliphatic carbocycles. The van der Waals surface area contributed by atoms with Crippen LogP contribution < -0.4 is 9.80 Å². The Hall–Kier alpha value is -5.94. The van der Waals surface area contributed by atoms with Crippen LogP contribution in [-0.4, -0.2) is 12.0 Å². The number of nitrogens with zero attached hydrogens (tertiary/aromatic N) is 3. The van der Waals surface area contributed by atoms with E-state index in [1.165, 1.54) is 33.7 Å². The molecule has 0 bridgehead atoms. The maximum Gasteiger partial charge on any atom is 0.269 e. The molecule has 0 radical (unpaired) electrons. The molecule has 0 unspecified atom stereocenters. The summed E-state index contributed by atoms with van der Waals surface area (Å²) >= 11 is 0. The van der Waals surface area contributed by atoms with Crippen molar-refractivity contribution in [3.05, 3.63) is 168 Å². The highest BCUT2D eigenvalue weighted by Gasteiger charge is 2.17. The van der Waals surface area contributed by atoms with Gasteiger partial charge in [-0.3, -0.25) is 10.1 Å². The van der Waals surface area contributed by atoms with Gasteiger partial charge in [-0.1, -0.05) is 97.1 Å². The van der Waals surface area contributed by atoms with E-state index >= 15 is 0 Å². The molecule has 7 rings (SSSR count). The van der Waals surface area contributed by atoms with Crippen LogP contribution in [0.25, 0.3) is 32.7 Å². The zero-order chi connectivity index (χ0) is 30.0. The average Bonchev–Trinajstić information content (AvgIpc) is 3.09. The van der Waals surface area contributed by atoms with Gasteiger partial charge >= 0.3 is 0 Å². The summed E-state index contributed by atoms with van der Waals surface area (Å²) in [6.45, 7) is 0. The molecule has 0 spiro atoms. The number of hydrogen-bond acceptors (Lipinski definition) is 4. The molecular weight excluding hydrogens is 542 g/mol. The molecule has 0 fully saturated rings. The second kappa shape index (κ2) is 11.4. The summed E-state index contributed by atoms with van der Waals surface area (Å²) in [6.07, 6.45) is 0. The maximum atomic E-state index is 11.0. The average molecular weight is 572 g/mol. The number of rotatable bonds is 7. The van der Waals surface area contributed by atoms with Gasteiger partial charge in [-0.05, 0) is 70.4 Å². The number of hydrogen-bond donors (Lipinski definition) is 0. The second-order valence-corrected chi connectivity index (χ2v) is 10.8. The van der Waals surface area contributed by atoms with Crippen LogP contribution in [0.15, 0.2) is 158 Å². The van der Waals surface area contributed by atoms with Crippen molar-refractivity contribution >= 4 is 55.7 Å². The standard InChI is InChI=1S/C39H29N3O2/c1-40(33-24-26-35(27-25-33)42(43)44)32-20-16-28(17-21-32)29-18-22-34(23-19-29)41(38-14-6-10-30-8-2-4-12-36(30)38)39-15-7-11-31-9-3-5-13-37(31)39/h2-27H,1H3. The lowest BCUT2D eigenvalue weighted by Crippen LogP contribution is -2.11. The van der Waals surface area contributed by atoms with Crippen LogP contribution >= 0.6 is 0 Å². The summed E-state index contributed by atoms with van der Waals surface area (Å²) in [6, 6.07) is 53.7. The van der Waals surface area contributed by atoms with Gasteiger partial charge in [-0.2, -0.15) is 0 Å². The molecule has 0 amide bonds. The van der Waals surface area contributed by atoms with E-state index in [1.54, 1.807) is 12.1 Å². The fourth-order valence-electron chi connectivity index (χ4n) is 5.84. The van der Waals surface area contributed by atoms with Crippen molar-refractivity contribution in [2.75, 3.05) is 16.8 Å². The first-order chi connectivity index (χ1) is 21.6. The predicted octanol–water partition coefficient (Wildman–Crippen LogP) is 10.8. The molecule has 0 saturated carbocycles. The van der Waals surface area contributed by atoms with Crippen LogP contribution in [-0.2, 0) is 0 Å². The maximum absolute atomic E-state index is 11.0. The van der Waals surface area contributed by atoms with Crippen LogP contribution in [0.4, 0.5) is 34.1 Å². The largest absolute Gasteiger partial charge is 0.345 e. The van der Waals surface area contributed by atoms with E-state index in [4.69, 9.17) is 0 Å². The third kappa shape index (κ3) is 5.01. The minimum Gasteiger partial charge on any atom is -0.345 e. The molecule has 7 aromatic rings. The number of nitro benzene ring substituents is 1. The van der Waals surface area contributed by atoms with Gasteiger partial charge in [0.1, 0.15) is 0 Å². The van der Waals surface area contributed by atoms with Gasteiger partial charge < -0.3 is 9.80 Å². The van der Waals surface area contributed by atoms with Gasteiger partial charge in [0.2, 0.25) is 0 Å². The van der Waals surface area contributed by atoms with Gasteiger partial charge in [0.15, 0.2) is 0 Å². The van der Waals surface area contributed by atoms with Crippen molar-refractivity contribution in [1.82, 2.24) is 0 Å². The Morgan fingerprint density at radius 2 is 0.886 bits per heavy atom. The number of benzene rings is 7. The normalized spacial score (nSPS) is 11.0. The molecule has 0 N–H and O–H groups in total. The highest BCUT2D eigenvalue weighted by molar-refractivity contribution is 6.04. The van der Waals surface area contributed by atoms with E-state index in [1.807, 2.05) is 11.9 Å². The first-order valence-electron chi connectivity index (χ1n) is 14.5. The lowest BCUT2D eigenvalue weighted by molar-refractivity contribution is -0.384. The summed E-state index contributed by atoms with van der Waals surface area (Å²) in [4.78, 5) is 15.0.